The Bertz CT molecular complexity index is 167. The van der Waals surface area contributed by atoms with Crippen LogP contribution in [0.4, 0.5) is 0 Å². The standard InChI is InChI=1S/C15H32O3/c1-12(2)9-16-8-7-15(17-10-13(3)4)18-11-14(5)6/h12-15H,7-11H2,1-6H3. The minimum absolute atomic E-state index is 0.123. The van der Waals surface area contributed by atoms with Gasteiger partial charge in [-0.3, -0.25) is 0 Å². The molecule has 0 unspecified atom stereocenters. The Morgan fingerprint density at radius 1 is 0.667 bits per heavy atom. The van der Waals surface area contributed by atoms with E-state index in [-0.39, 0.29) is 6.29 Å². The number of rotatable bonds is 11. The van der Waals surface area contributed by atoms with Crippen LogP contribution >= 0.6 is 0 Å². The van der Waals surface area contributed by atoms with E-state index in [1.165, 1.54) is 0 Å². The van der Waals surface area contributed by atoms with Gasteiger partial charge < -0.3 is 14.2 Å². The summed E-state index contributed by atoms with van der Waals surface area (Å²) in [4.78, 5) is 0. The van der Waals surface area contributed by atoms with Crippen molar-refractivity contribution in [3.8, 4) is 0 Å². The molecule has 0 aliphatic carbocycles. The molecule has 0 saturated carbocycles. The summed E-state index contributed by atoms with van der Waals surface area (Å²) in [6.45, 7) is 15.9. The SMILES string of the molecule is CC(C)COCCC(OCC(C)C)OCC(C)C. The van der Waals surface area contributed by atoms with Crippen molar-refractivity contribution in [1.29, 1.82) is 0 Å². The minimum Gasteiger partial charge on any atom is -0.381 e. The van der Waals surface area contributed by atoms with Crippen molar-refractivity contribution < 1.29 is 14.2 Å². The Kier molecular flexibility index (Phi) is 10.7. The van der Waals surface area contributed by atoms with Gasteiger partial charge in [-0.2, -0.15) is 0 Å². The average Bonchev–Trinajstić information content (AvgIpc) is 2.25. The minimum atomic E-state index is -0.123. The van der Waals surface area contributed by atoms with Crippen LogP contribution in [0.3, 0.4) is 0 Å². The summed E-state index contributed by atoms with van der Waals surface area (Å²) in [5.74, 6) is 1.65. The van der Waals surface area contributed by atoms with Crippen LogP contribution in [-0.4, -0.2) is 32.7 Å². The van der Waals surface area contributed by atoms with E-state index in [4.69, 9.17) is 14.2 Å². The highest BCUT2D eigenvalue weighted by atomic mass is 16.7. The van der Waals surface area contributed by atoms with Gasteiger partial charge in [0.2, 0.25) is 0 Å². The fourth-order valence-electron chi connectivity index (χ4n) is 1.31. The monoisotopic (exact) mass is 260 g/mol. The zero-order chi connectivity index (χ0) is 14.0. The summed E-state index contributed by atoms with van der Waals surface area (Å²) < 4.78 is 17.1. The molecular formula is C15H32O3. The molecule has 0 fully saturated rings. The fourth-order valence-corrected chi connectivity index (χ4v) is 1.31. The molecule has 0 aromatic rings. The van der Waals surface area contributed by atoms with Crippen molar-refractivity contribution in [2.24, 2.45) is 17.8 Å². The van der Waals surface area contributed by atoms with E-state index in [9.17, 15) is 0 Å². The first-order valence-corrected chi connectivity index (χ1v) is 7.22. The molecule has 0 aromatic heterocycles. The summed E-state index contributed by atoms with van der Waals surface area (Å²) in [5, 5.41) is 0. The van der Waals surface area contributed by atoms with Gasteiger partial charge in [-0.15, -0.1) is 0 Å². The van der Waals surface area contributed by atoms with E-state index >= 15 is 0 Å². The molecule has 0 bridgehead atoms. The van der Waals surface area contributed by atoms with Crippen LogP contribution < -0.4 is 0 Å². The molecule has 110 valence electrons. The first-order chi connectivity index (χ1) is 8.41. The molecule has 0 saturated heterocycles. The molecule has 18 heavy (non-hydrogen) atoms. The third-order valence-corrected chi connectivity index (χ3v) is 2.18. The van der Waals surface area contributed by atoms with Gasteiger partial charge in [0.05, 0.1) is 19.8 Å². The van der Waals surface area contributed by atoms with Crippen LogP contribution in [0.5, 0.6) is 0 Å². The average molecular weight is 260 g/mol. The number of hydrogen-bond acceptors (Lipinski definition) is 3. The van der Waals surface area contributed by atoms with E-state index in [1.54, 1.807) is 0 Å². The van der Waals surface area contributed by atoms with Crippen molar-refractivity contribution >= 4 is 0 Å². The third kappa shape index (κ3) is 12.3. The molecule has 3 heteroatoms. The maximum Gasteiger partial charge on any atom is 0.159 e. The Hall–Kier alpha value is -0.120. The highest BCUT2D eigenvalue weighted by molar-refractivity contribution is 4.50. The summed E-state index contributed by atoms with van der Waals surface area (Å²) in [7, 11) is 0. The molecule has 0 aromatic carbocycles. The Morgan fingerprint density at radius 2 is 1.11 bits per heavy atom. The first kappa shape index (κ1) is 17.9. The predicted molar refractivity (Wildman–Crippen MR) is 75.6 cm³/mol. The predicted octanol–water partition coefficient (Wildman–Crippen LogP) is 3.72. The van der Waals surface area contributed by atoms with Gasteiger partial charge in [-0.25, -0.2) is 0 Å². The first-order valence-electron chi connectivity index (χ1n) is 7.22. The van der Waals surface area contributed by atoms with Gasteiger partial charge in [-0.05, 0) is 17.8 Å². The van der Waals surface area contributed by atoms with Crippen molar-refractivity contribution in [1.82, 2.24) is 0 Å². The molecule has 0 atom stereocenters. The molecule has 0 N–H and O–H groups in total. The molecule has 0 aliphatic heterocycles. The van der Waals surface area contributed by atoms with Gasteiger partial charge >= 0.3 is 0 Å². The molecule has 3 nitrogen and oxygen atoms in total. The lowest BCUT2D eigenvalue weighted by Gasteiger charge is -2.21. The van der Waals surface area contributed by atoms with Gasteiger partial charge in [0.25, 0.3) is 0 Å². The second-order valence-corrected chi connectivity index (χ2v) is 6.14. The molecule has 0 heterocycles. The molecular weight excluding hydrogens is 228 g/mol. The zero-order valence-corrected chi connectivity index (χ0v) is 13.1. The third-order valence-electron chi connectivity index (χ3n) is 2.18. The van der Waals surface area contributed by atoms with Crippen LogP contribution in [-0.2, 0) is 14.2 Å². The second kappa shape index (κ2) is 10.8. The Morgan fingerprint density at radius 3 is 1.50 bits per heavy atom. The lowest BCUT2D eigenvalue weighted by Crippen LogP contribution is -2.24. The van der Waals surface area contributed by atoms with Crippen molar-refractivity contribution in [2.45, 2.75) is 54.3 Å². The summed E-state index contributed by atoms with van der Waals surface area (Å²) in [5.41, 5.74) is 0. The maximum absolute atomic E-state index is 5.76. The lowest BCUT2D eigenvalue weighted by atomic mass is 10.2. The topological polar surface area (TPSA) is 27.7 Å². The van der Waals surface area contributed by atoms with Crippen LogP contribution in [0.15, 0.2) is 0 Å². The second-order valence-electron chi connectivity index (χ2n) is 6.14. The van der Waals surface area contributed by atoms with E-state index in [0.29, 0.717) is 24.4 Å². The smallest absolute Gasteiger partial charge is 0.159 e. The normalized spacial score (nSPS) is 12.3. The van der Waals surface area contributed by atoms with Crippen molar-refractivity contribution in [3.05, 3.63) is 0 Å². The zero-order valence-electron chi connectivity index (χ0n) is 13.1. The highest BCUT2D eigenvalue weighted by Gasteiger charge is 2.11. The summed E-state index contributed by atoms with van der Waals surface area (Å²) >= 11 is 0. The fraction of sp³-hybridized carbons (Fsp3) is 1.00. The number of hydrogen-bond donors (Lipinski definition) is 0. The summed E-state index contributed by atoms with van der Waals surface area (Å²) in [6, 6.07) is 0. The molecule has 0 amide bonds. The molecule has 0 radical (unpaired) electrons. The van der Waals surface area contributed by atoms with Gasteiger partial charge in [0.1, 0.15) is 0 Å². The van der Waals surface area contributed by atoms with Gasteiger partial charge in [0.15, 0.2) is 6.29 Å². The van der Waals surface area contributed by atoms with E-state index in [0.717, 1.165) is 26.2 Å². The van der Waals surface area contributed by atoms with Crippen molar-refractivity contribution in [2.75, 3.05) is 26.4 Å². The quantitative estimate of drug-likeness (QED) is 0.418. The number of ether oxygens (including phenoxy) is 3. The summed E-state index contributed by atoms with van der Waals surface area (Å²) in [6.07, 6.45) is 0.688. The van der Waals surface area contributed by atoms with Gasteiger partial charge in [0, 0.05) is 13.0 Å². The highest BCUT2D eigenvalue weighted by Crippen LogP contribution is 2.07. The molecule has 0 spiro atoms. The van der Waals surface area contributed by atoms with Crippen molar-refractivity contribution in [3.63, 3.8) is 0 Å². The van der Waals surface area contributed by atoms with E-state index < -0.39 is 0 Å². The maximum atomic E-state index is 5.76. The molecule has 0 rings (SSSR count). The van der Waals surface area contributed by atoms with Crippen LogP contribution in [0.1, 0.15) is 48.0 Å². The lowest BCUT2D eigenvalue weighted by molar-refractivity contribution is -0.163. The molecule has 0 aliphatic rings. The van der Waals surface area contributed by atoms with E-state index in [1.807, 2.05) is 0 Å². The van der Waals surface area contributed by atoms with Gasteiger partial charge in [-0.1, -0.05) is 41.5 Å². The largest absolute Gasteiger partial charge is 0.381 e. The Balaban J connectivity index is 3.81. The van der Waals surface area contributed by atoms with Crippen LogP contribution in [0, 0.1) is 17.8 Å². The Labute approximate surface area is 113 Å². The van der Waals surface area contributed by atoms with Crippen LogP contribution in [0.25, 0.3) is 0 Å². The van der Waals surface area contributed by atoms with Crippen LogP contribution in [0.2, 0.25) is 0 Å². The van der Waals surface area contributed by atoms with E-state index in [2.05, 4.69) is 41.5 Å².